The zero-order chi connectivity index (χ0) is 22.4. The molecule has 0 spiro atoms. The maximum Gasteiger partial charge on any atom is 0.416 e. The predicted molar refractivity (Wildman–Crippen MR) is 103 cm³/mol. The number of carbonyl (C=O) groups is 1. The van der Waals surface area contributed by atoms with Gasteiger partial charge < -0.3 is 4.42 Å². The molecule has 0 aliphatic heterocycles. The Labute approximate surface area is 170 Å². The molecule has 0 saturated carbocycles. The number of furan rings is 1. The van der Waals surface area contributed by atoms with Crippen molar-refractivity contribution < 1.29 is 30.8 Å². The summed E-state index contributed by atoms with van der Waals surface area (Å²) < 4.78 is 71.1. The summed E-state index contributed by atoms with van der Waals surface area (Å²) in [7, 11) is -2.45. The molecule has 1 amide bonds. The summed E-state index contributed by atoms with van der Waals surface area (Å²) in [4.78, 5) is 13.0. The van der Waals surface area contributed by atoms with Gasteiger partial charge in [0.15, 0.2) is 5.76 Å². The molecule has 0 radical (unpaired) electrons. The van der Waals surface area contributed by atoms with Crippen LogP contribution in [0, 0.1) is 13.8 Å². The minimum atomic E-state index is -4.54. The number of halogens is 3. The third-order valence-electron chi connectivity index (χ3n) is 4.48. The van der Waals surface area contributed by atoms with Crippen molar-refractivity contribution in [1.82, 2.24) is 9.78 Å². The number of anilines is 1. The molecule has 7 nitrogen and oxygen atoms in total. The maximum absolute atomic E-state index is 13.0. The van der Waals surface area contributed by atoms with Crippen molar-refractivity contribution >= 4 is 21.6 Å². The van der Waals surface area contributed by atoms with E-state index >= 15 is 0 Å². The molecule has 160 valence electrons. The van der Waals surface area contributed by atoms with Gasteiger partial charge in [-0.1, -0.05) is 12.1 Å². The Kier molecular flexibility index (Phi) is 5.27. The van der Waals surface area contributed by atoms with Crippen LogP contribution >= 0.6 is 0 Å². The molecule has 11 heteroatoms. The van der Waals surface area contributed by atoms with Gasteiger partial charge in [0.05, 0.1) is 23.2 Å². The number of carbonyl (C=O) groups excluding carboxylic acids is 1. The number of sulfonamides is 1. The second-order valence-corrected chi connectivity index (χ2v) is 8.55. The van der Waals surface area contributed by atoms with Crippen molar-refractivity contribution in [3.8, 4) is 11.3 Å². The molecule has 2 aromatic heterocycles. The minimum absolute atomic E-state index is 0.00229. The van der Waals surface area contributed by atoms with E-state index in [2.05, 4.69) is 5.10 Å². The van der Waals surface area contributed by atoms with Crippen molar-refractivity contribution in [3.05, 3.63) is 59.1 Å². The molecule has 30 heavy (non-hydrogen) atoms. The Morgan fingerprint density at radius 3 is 2.37 bits per heavy atom. The Morgan fingerprint density at radius 2 is 1.83 bits per heavy atom. The van der Waals surface area contributed by atoms with Crippen LogP contribution < -0.4 is 4.31 Å². The van der Waals surface area contributed by atoms with Crippen LogP contribution in [-0.2, 0) is 23.2 Å². The van der Waals surface area contributed by atoms with Gasteiger partial charge in [-0.2, -0.15) is 22.6 Å². The van der Waals surface area contributed by atoms with Crippen LogP contribution in [0.1, 0.15) is 27.5 Å². The van der Waals surface area contributed by atoms with Crippen molar-refractivity contribution in [3.63, 3.8) is 0 Å². The third kappa shape index (κ3) is 3.97. The lowest BCUT2D eigenvalue weighted by atomic mass is 10.1. The van der Waals surface area contributed by atoms with Crippen LogP contribution in [-0.4, -0.2) is 30.4 Å². The van der Waals surface area contributed by atoms with E-state index in [4.69, 9.17) is 4.42 Å². The lowest BCUT2D eigenvalue weighted by Gasteiger charge is -2.19. The quantitative estimate of drug-likeness (QED) is 0.613. The molecule has 1 aromatic carbocycles. The molecule has 2 heterocycles. The average molecular weight is 441 g/mol. The maximum atomic E-state index is 13.0. The lowest BCUT2D eigenvalue weighted by Crippen LogP contribution is -2.36. The van der Waals surface area contributed by atoms with Gasteiger partial charge in [0.25, 0.3) is 0 Å². The second kappa shape index (κ2) is 7.31. The minimum Gasteiger partial charge on any atom is -0.451 e. The number of alkyl halides is 3. The van der Waals surface area contributed by atoms with Gasteiger partial charge in [-0.25, -0.2) is 8.42 Å². The van der Waals surface area contributed by atoms with Crippen molar-refractivity contribution in [2.24, 2.45) is 7.05 Å². The van der Waals surface area contributed by atoms with Gasteiger partial charge in [0.1, 0.15) is 11.4 Å². The fraction of sp³-hybridized carbons (Fsp3) is 0.263. The smallest absolute Gasteiger partial charge is 0.416 e. The Balaban J connectivity index is 2.04. The first-order valence-corrected chi connectivity index (χ1v) is 10.5. The molecular formula is C19H18F3N3O4S. The Hall–Kier alpha value is -3.08. The zero-order valence-corrected chi connectivity index (χ0v) is 17.3. The summed E-state index contributed by atoms with van der Waals surface area (Å²) in [5, 5.41) is 4.13. The van der Waals surface area contributed by atoms with Crippen molar-refractivity contribution in [1.29, 1.82) is 0 Å². The van der Waals surface area contributed by atoms with Crippen LogP contribution in [0.2, 0.25) is 0 Å². The molecule has 0 bridgehead atoms. The summed E-state index contributed by atoms with van der Waals surface area (Å²) in [6.07, 6.45) is -3.67. The topological polar surface area (TPSA) is 85.4 Å². The van der Waals surface area contributed by atoms with Crippen LogP contribution in [0.25, 0.3) is 11.3 Å². The number of nitrogens with zero attached hydrogens (tertiary/aromatic N) is 3. The van der Waals surface area contributed by atoms with E-state index in [0.29, 0.717) is 15.7 Å². The van der Waals surface area contributed by atoms with E-state index in [9.17, 15) is 26.4 Å². The first kappa shape index (κ1) is 21.6. The Bertz CT molecular complexity index is 1230. The first-order chi connectivity index (χ1) is 13.8. The molecular weight excluding hydrogens is 423 g/mol. The number of hydrogen-bond donors (Lipinski definition) is 0. The highest BCUT2D eigenvalue weighted by molar-refractivity contribution is 7.92. The average Bonchev–Trinajstić information content (AvgIpc) is 3.21. The van der Waals surface area contributed by atoms with Gasteiger partial charge >= 0.3 is 12.1 Å². The van der Waals surface area contributed by atoms with E-state index in [1.54, 1.807) is 20.9 Å². The van der Waals surface area contributed by atoms with Crippen LogP contribution in [0.15, 0.2) is 40.8 Å². The number of rotatable bonds is 4. The summed E-state index contributed by atoms with van der Waals surface area (Å²) in [5.41, 5.74) is 0.0866. The summed E-state index contributed by atoms with van der Waals surface area (Å²) >= 11 is 0. The fourth-order valence-corrected chi connectivity index (χ4v) is 4.02. The standard InChI is InChI=1S/C19H18F3N3O4S/c1-11-17(12(2)24(3)23-11)25(30(4,27)28)18(26)16-9-8-15(29-16)13-6-5-7-14(10-13)19(20,21)22/h5-10H,1-4H3. The van der Waals surface area contributed by atoms with Gasteiger partial charge in [0, 0.05) is 12.6 Å². The van der Waals surface area contributed by atoms with E-state index < -0.39 is 27.7 Å². The molecule has 0 unspecified atom stereocenters. The highest BCUT2D eigenvalue weighted by Crippen LogP contribution is 2.33. The SMILES string of the molecule is Cc1nn(C)c(C)c1N(C(=O)c1ccc(-c2cccc(C(F)(F)F)c2)o1)S(C)(=O)=O. The molecule has 0 saturated heterocycles. The summed E-state index contributed by atoms with van der Waals surface area (Å²) in [6, 6.07) is 6.94. The largest absolute Gasteiger partial charge is 0.451 e. The number of aromatic nitrogens is 2. The number of aryl methyl sites for hydroxylation is 2. The van der Waals surface area contributed by atoms with Gasteiger partial charge in [-0.15, -0.1) is 0 Å². The highest BCUT2D eigenvalue weighted by atomic mass is 32.2. The van der Waals surface area contributed by atoms with Crippen LogP contribution in [0.5, 0.6) is 0 Å². The number of hydrogen-bond acceptors (Lipinski definition) is 5. The Morgan fingerprint density at radius 1 is 1.17 bits per heavy atom. The molecule has 0 N–H and O–H groups in total. The summed E-state index contributed by atoms with van der Waals surface area (Å²) in [6.45, 7) is 3.17. The lowest BCUT2D eigenvalue weighted by molar-refractivity contribution is -0.137. The van der Waals surface area contributed by atoms with E-state index in [1.165, 1.54) is 28.9 Å². The molecule has 0 aliphatic carbocycles. The molecule has 0 atom stereocenters. The number of amides is 1. The van der Waals surface area contributed by atoms with Crippen molar-refractivity contribution in [2.75, 3.05) is 10.6 Å². The van der Waals surface area contributed by atoms with Gasteiger partial charge in [0.2, 0.25) is 10.0 Å². The van der Waals surface area contributed by atoms with Crippen LogP contribution in [0.4, 0.5) is 18.9 Å². The second-order valence-electron chi connectivity index (χ2n) is 6.72. The summed E-state index contributed by atoms with van der Waals surface area (Å²) in [5.74, 6) is -1.32. The van der Waals surface area contributed by atoms with Crippen LogP contribution in [0.3, 0.4) is 0 Å². The predicted octanol–water partition coefficient (Wildman–Crippen LogP) is 3.92. The van der Waals surface area contributed by atoms with Gasteiger partial charge in [-0.05, 0) is 38.1 Å². The molecule has 3 aromatic rings. The van der Waals surface area contributed by atoms with E-state index in [1.807, 2.05) is 0 Å². The van der Waals surface area contributed by atoms with E-state index in [0.717, 1.165) is 18.4 Å². The van der Waals surface area contributed by atoms with E-state index in [-0.39, 0.29) is 22.8 Å². The first-order valence-electron chi connectivity index (χ1n) is 8.63. The number of benzene rings is 1. The normalized spacial score (nSPS) is 12.2. The monoisotopic (exact) mass is 441 g/mol. The molecule has 3 rings (SSSR count). The molecule has 0 aliphatic rings. The van der Waals surface area contributed by atoms with Crippen molar-refractivity contribution in [2.45, 2.75) is 20.0 Å². The zero-order valence-electron chi connectivity index (χ0n) is 16.5. The third-order valence-corrected chi connectivity index (χ3v) is 5.49. The van der Waals surface area contributed by atoms with Gasteiger partial charge in [-0.3, -0.25) is 9.48 Å². The fourth-order valence-electron chi connectivity index (χ4n) is 3.03. The molecule has 0 fully saturated rings. The highest BCUT2D eigenvalue weighted by Gasteiger charge is 2.34.